The van der Waals surface area contributed by atoms with E-state index in [1.165, 1.54) is 34.2 Å². The average molecular weight is 428 g/mol. The lowest BCUT2D eigenvalue weighted by Gasteiger charge is -2.12. The Morgan fingerprint density at radius 2 is 1.83 bits per heavy atom. The number of nitrogens with two attached hydrogens (primary N) is 1. The van der Waals surface area contributed by atoms with Crippen LogP contribution >= 0.6 is 23.1 Å². The zero-order chi connectivity index (χ0) is 21.3. The molecule has 2 aromatic heterocycles. The number of carbonyl (C=O) groups excluding carboxylic acids is 2. The van der Waals surface area contributed by atoms with Crippen LogP contribution in [0, 0.1) is 34.6 Å². The van der Waals surface area contributed by atoms with Gasteiger partial charge in [-0.25, -0.2) is 4.98 Å². The van der Waals surface area contributed by atoms with Gasteiger partial charge >= 0.3 is 0 Å². The van der Waals surface area contributed by atoms with Crippen LogP contribution in [0.15, 0.2) is 28.6 Å². The minimum Gasteiger partial charge on any atom is -0.369 e. The Balaban J connectivity index is 1.78. The van der Waals surface area contributed by atoms with E-state index in [0.717, 1.165) is 37.5 Å². The van der Waals surface area contributed by atoms with E-state index in [0.29, 0.717) is 5.75 Å². The number of primary amides is 1. The van der Waals surface area contributed by atoms with Gasteiger partial charge in [0.05, 0.1) is 17.9 Å². The van der Waals surface area contributed by atoms with Crippen molar-refractivity contribution >= 4 is 34.8 Å². The molecule has 2 heterocycles. The maximum absolute atomic E-state index is 12.9. The molecule has 3 rings (SSSR count). The maximum atomic E-state index is 12.9. The second-order valence-corrected chi connectivity index (χ2v) is 9.54. The lowest BCUT2D eigenvalue weighted by atomic mass is 10.1. The fourth-order valence-corrected chi connectivity index (χ4v) is 5.42. The second-order valence-electron chi connectivity index (χ2n) is 7.23. The summed E-state index contributed by atoms with van der Waals surface area (Å²) in [6.45, 7) is 10.1. The number of aromatic nitrogens is 2. The highest BCUT2D eigenvalue weighted by molar-refractivity contribution is 8.01. The molecule has 152 valence electrons. The molecule has 3 aromatic rings. The van der Waals surface area contributed by atoms with Crippen molar-refractivity contribution in [3.05, 3.63) is 62.9 Å². The van der Waals surface area contributed by atoms with Gasteiger partial charge in [-0.3, -0.25) is 9.59 Å². The molecular weight excluding hydrogens is 402 g/mol. The van der Waals surface area contributed by atoms with Gasteiger partial charge in [-0.15, -0.1) is 11.3 Å². The Morgan fingerprint density at radius 1 is 1.10 bits per heavy atom. The molecule has 1 aromatic carbocycles. The van der Waals surface area contributed by atoms with Crippen molar-refractivity contribution in [3.63, 3.8) is 0 Å². The normalized spacial score (nSPS) is 11.1. The summed E-state index contributed by atoms with van der Waals surface area (Å²) in [5, 5.41) is 0. The number of rotatable bonds is 7. The van der Waals surface area contributed by atoms with E-state index in [2.05, 4.69) is 41.6 Å². The van der Waals surface area contributed by atoms with Crippen LogP contribution in [0.5, 0.6) is 0 Å². The van der Waals surface area contributed by atoms with E-state index in [4.69, 9.17) is 5.73 Å². The molecule has 7 heteroatoms. The van der Waals surface area contributed by atoms with Crippen molar-refractivity contribution in [1.82, 2.24) is 9.55 Å². The van der Waals surface area contributed by atoms with Crippen LogP contribution in [0.25, 0.3) is 5.69 Å². The van der Waals surface area contributed by atoms with E-state index < -0.39 is 0 Å². The number of ketones is 1. The molecule has 0 spiro atoms. The average Bonchev–Trinajstić information content (AvgIpc) is 3.14. The minimum atomic E-state index is -0.372. The van der Waals surface area contributed by atoms with Crippen LogP contribution in [0.2, 0.25) is 0 Å². The van der Waals surface area contributed by atoms with Gasteiger partial charge in [0, 0.05) is 27.5 Å². The molecule has 2 N–H and O–H groups in total. The molecule has 0 fully saturated rings. The van der Waals surface area contributed by atoms with Gasteiger partial charge < -0.3 is 10.3 Å². The Hall–Kier alpha value is -2.38. The molecule has 0 saturated heterocycles. The number of aryl methyl sites for hydroxylation is 4. The first-order valence-corrected chi connectivity index (χ1v) is 11.1. The van der Waals surface area contributed by atoms with E-state index in [1.54, 1.807) is 0 Å². The third-order valence-electron chi connectivity index (χ3n) is 5.01. The number of benzene rings is 1. The third kappa shape index (κ3) is 4.62. The Kier molecular flexibility index (Phi) is 6.29. The van der Waals surface area contributed by atoms with Crippen LogP contribution in [0.3, 0.4) is 0 Å². The lowest BCUT2D eigenvalue weighted by Crippen LogP contribution is -2.13. The van der Waals surface area contributed by atoms with Crippen molar-refractivity contribution in [2.75, 3.05) is 5.75 Å². The summed E-state index contributed by atoms with van der Waals surface area (Å²) in [7, 11) is 0. The second kappa shape index (κ2) is 8.55. The highest BCUT2D eigenvalue weighted by Gasteiger charge is 2.18. The molecule has 0 aliphatic heterocycles. The van der Waals surface area contributed by atoms with Crippen molar-refractivity contribution in [2.24, 2.45) is 5.73 Å². The zero-order valence-electron chi connectivity index (χ0n) is 17.3. The molecule has 1 amide bonds. The molecule has 0 aliphatic carbocycles. The van der Waals surface area contributed by atoms with E-state index >= 15 is 0 Å². The zero-order valence-corrected chi connectivity index (χ0v) is 19.0. The van der Waals surface area contributed by atoms with Crippen LogP contribution in [-0.4, -0.2) is 27.0 Å². The first-order valence-electron chi connectivity index (χ1n) is 9.34. The maximum Gasteiger partial charge on any atom is 0.222 e. The van der Waals surface area contributed by atoms with E-state index in [1.807, 2.05) is 26.8 Å². The number of thiazole rings is 1. The van der Waals surface area contributed by atoms with Gasteiger partial charge in [-0.2, -0.15) is 0 Å². The highest BCUT2D eigenvalue weighted by Crippen LogP contribution is 2.29. The standard InChI is InChI=1S/C22H25N3O2S2/c1-12-6-7-17(8-13(12)2)25-14(3)9-18(16(25)5)19(26)11-28-22-24-15(4)20(29-22)10-21(23)27/h6-9H,10-11H2,1-5H3,(H2,23,27). The third-order valence-corrected chi connectivity index (χ3v) is 7.32. The van der Waals surface area contributed by atoms with Gasteiger partial charge in [0.2, 0.25) is 5.91 Å². The topological polar surface area (TPSA) is 78.0 Å². The Labute approximate surface area is 179 Å². The predicted octanol–water partition coefficient (Wildman–Crippen LogP) is 4.48. The van der Waals surface area contributed by atoms with Crippen LogP contribution < -0.4 is 5.73 Å². The van der Waals surface area contributed by atoms with Crippen LogP contribution in [0.1, 0.15) is 43.4 Å². The molecule has 0 atom stereocenters. The van der Waals surface area contributed by atoms with Crippen LogP contribution in [-0.2, 0) is 11.2 Å². The summed E-state index contributed by atoms with van der Waals surface area (Å²) < 4.78 is 2.91. The molecule has 0 bridgehead atoms. The van der Waals surface area contributed by atoms with Gasteiger partial charge in [0.15, 0.2) is 10.1 Å². The first kappa shape index (κ1) is 21.3. The number of thioether (sulfide) groups is 1. The van der Waals surface area contributed by atoms with E-state index in [9.17, 15) is 9.59 Å². The Morgan fingerprint density at radius 3 is 2.48 bits per heavy atom. The van der Waals surface area contributed by atoms with Gasteiger partial charge in [-0.1, -0.05) is 17.8 Å². The molecule has 0 unspecified atom stereocenters. The summed E-state index contributed by atoms with van der Waals surface area (Å²) in [4.78, 5) is 29.4. The molecular formula is C22H25N3O2S2. The highest BCUT2D eigenvalue weighted by atomic mass is 32.2. The van der Waals surface area contributed by atoms with Crippen molar-refractivity contribution < 1.29 is 9.59 Å². The largest absolute Gasteiger partial charge is 0.369 e. The summed E-state index contributed by atoms with van der Waals surface area (Å²) >= 11 is 2.84. The van der Waals surface area contributed by atoms with E-state index in [-0.39, 0.29) is 18.1 Å². The predicted molar refractivity (Wildman–Crippen MR) is 120 cm³/mol. The molecule has 0 saturated carbocycles. The van der Waals surface area contributed by atoms with Crippen molar-refractivity contribution in [2.45, 2.75) is 45.4 Å². The van der Waals surface area contributed by atoms with Crippen molar-refractivity contribution in [1.29, 1.82) is 0 Å². The number of Topliss-reactive ketones (excluding diaryl/α,β-unsaturated/α-hetero) is 1. The number of hydrogen-bond acceptors (Lipinski definition) is 5. The van der Waals surface area contributed by atoms with Crippen LogP contribution in [0.4, 0.5) is 0 Å². The molecule has 5 nitrogen and oxygen atoms in total. The first-order chi connectivity index (χ1) is 13.7. The summed E-state index contributed by atoms with van der Waals surface area (Å²) in [5.74, 6) is 0.00541. The fourth-order valence-electron chi connectivity index (χ4n) is 3.30. The minimum absolute atomic E-state index is 0.0717. The number of hydrogen-bond donors (Lipinski definition) is 1. The summed E-state index contributed by atoms with van der Waals surface area (Å²) in [6, 6.07) is 8.30. The summed E-state index contributed by atoms with van der Waals surface area (Å²) in [5.41, 5.74) is 12.3. The number of carbonyl (C=O) groups is 2. The van der Waals surface area contributed by atoms with Gasteiger partial charge in [0.25, 0.3) is 0 Å². The summed E-state index contributed by atoms with van der Waals surface area (Å²) in [6.07, 6.45) is 0.190. The fraction of sp³-hybridized carbons (Fsp3) is 0.318. The number of amides is 1. The smallest absolute Gasteiger partial charge is 0.222 e. The van der Waals surface area contributed by atoms with Gasteiger partial charge in [0.1, 0.15) is 0 Å². The molecule has 29 heavy (non-hydrogen) atoms. The van der Waals surface area contributed by atoms with Gasteiger partial charge in [-0.05, 0) is 63.9 Å². The quantitative estimate of drug-likeness (QED) is 0.445. The van der Waals surface area contributed by atoms with Crippen molar-refractivity contribution in [3.8, 4) is 5.69 Å². The lowest BCUT2D eigenvalue weighted by molar-refractivity contribution is -0.117. The number of nitrogens with zero attached hydrogens (tertiary/aromatic N) is 2. The SMILES string of the molecule is Cc1ccc(-n2c(C)cc(C(=O)CSc3nc(C)c(CC(N)=O)s3)c2C)cc1C. The monoisotopic (exact) mass is 427 g/mol. The Bertz CT molecular complexity index is 1100. The molecule has 0 radical (unpaired) electrons. The molecule has 0 aliphatic rings.